The minimum atomic E-state index is -0.983. The topological polar surface area (TPSA) is 192 Å². The van der Waals surface area contributed by atoms with E-state index in [9.17, 15) is 29.3 Å². The van der Waals surface area contributed by atoms with Gasteiger partial charge in [0.1, 0.15) is 18.2 Å². The smallest absolute Gasteiger partial charge is 0.347 e. The number of nitro benzene ring substituents is 1. The number of benzene rings is 1. The molecule has 1 aliphatic heterocycles. The van der Waals surface area contributed by atoms with E-state index in [2.05, 4.69) is 20.8 Å². The largest absolute Gasteiger partial charge is 0.458 e. The summed E-state index contributed by atoms with van der Waals surface area (Å²) in [5.74, 6) is -2.91. The minimum absolute atomic E-state index is 0.00860. The lowest BCUT2D eigenvalue weighted by Gasteiger charge is -2.43. The number of nitro groups is 1. The Kier molecular flexibility index (Phi) is 9.64. The standard InChI is InChI=1S/C21H21ClN6O9S/c1-27-19(32)17(20(27)35-2)25-18(31)16(13-10-38-21(23-13)24-14(29)7-22)26-37-9-15(30)36-8-11-3-5-12(6-4-11)28(33)34/h3-6,10,17,20H,7-9H2,1-2H3,(H,25,31)(H,23,24,29)/t17-,20-/m1/s1. The number of alkyl halides is 1. The van der Waals surface area contributed by atoms with Gasteiger partial charge in [0.15, 0.2) is 23.1 Å². The number of hydrogen-bond acceptors (Lipinski definition) is 12. The number of methoxy groups -OCH3 is 1. The van der Waals surface area contributed by atoms with E-state index in [-0.39, 0.29) is 34.7 Å². The van der Waals surface area contributed by atoms with Crippen molar-refractivity contribution in [3.63, 3.8) is 0 Å². The van der Waals surface area contributed by atoms with E-state index in [0.29, 0.717) is 5.56 Å². The highest BCUT2D eigenvalue weighted by Gasteiger charge is 2.47. The molecule has 3 amide bonds. The number of carbonyl (C=O) groups excluding carboxylic acids is 4. The molecule has 2 aromatic rings. The number of non-ortho nitro benzene ring substituents is 1. The molecule has 1 aromatic carbocycles. The summed E-state index contributed by atoms with van der Waals surface area (Å²) in [5, 5.41) is 20.9. The van der Waals surface area contributed by atoms with Gasteiger partial charge in [0, 0.05) is 31.7 Å². The zero-order valence-corrected chi connectivity index (χ0v) is 21.5. The molecular weight excluding hydrogens is 548 g/mol. The zero-order valence-electron chi connectivity index (χ0n) is 19.9. The third-order valence-corrected chi connectivity index (χ3v) is 6.02. The summed E-state index contributed by atoms with van der Waals surface area (Å²) in [6.07, 6.45) is -0.697. The van der Waals surface area contributed by atoms with Crippen molar-refractivity contribution in [1.82, 2.24) is 15.2 Å². The van der Waals surface area contributed by atoms with Crippen LogP contribution in [0.5, 0.6) is 0 Å². The number of anilines is 1. The average Bonchev–Trinajstić information content (AvgIpc) is 3.37. The van der Waals surface area contributed by atoms with E-state index in [1.54, 1.807) is 0 Å². The van der Waals surface area contributed by atoms with Gasteiger partial charge in [-0.1, -0.05) is 5.16 Å². The van der Waals surface area contributed by atoms with Crippen LogP contribution in [0.4, 0.5) is 10.8 Å². The molecule has 2 N–H and O–H groups in total. The van der Waals surface area contributed by atoms with Crippen LogP contribution in [0.15, 0.2) is 34.8 Å². The molecule has 0 saturated carbocycles. The number of esters is 1. The summed E-state index contributed by atoms with van der Waals surface area (Å²) in [5.41, 5.74) is 0.00564. The minimum Gasteiger partial charge on any atom is -0.458 e. The molecular formula is C21H21ClN6O9S. The van der Waals surface area contributed by atoms with E-state index in [0.717, 1.165) is 11.3 Å². The SMILES string of the molecule is CO[C@@H]1[C@H](NC(=O)C(=NOCC(=O)OCc2ccc([N+](=O)[O-])cc2)c2csc(NC(=O)CCl)n2)C(=O)N1C. The fraction of sp³-hybridized carbons (Fsp3) is 0.333. The molecule has 0 unspecified atom stereocenters. The number of oxime groups is 1. The molecule has 2 atom stereocenters. The molecule has 0 aliphatic carbocycles. The third-order valence-electron chi connectivity index (χ3n) is 5.02. The summed E-state index contributed by atoms with van der Waals surface area (Å²) >= 11 is 6.46. The third kappa shape index (κ3) is 6.99. The number of β-lactam (4-membered cyclic amide) rings is 1. The van der Waals surface area contributed by atoms with Gasteiger partial charge in [0.05, 0.1) is 4.92 Å². The first-order chi connectivity index (χ1) is 18.1. The van der Waals surface area contributed by atoms with E-state index in [4.69, 9.17) is 25.9 Å². The Balaban J connectivity index is 1.66. The summed E-state index contributed by atoms with van der Waals surface area (Å²) in [6.45, 7) is -0.863. The van der Waals surface area contributed by atoms with Gasteiger partial charge in [-0.3, -0.25) is 24.5 Å². The number of aromatic nitrogens is 1. The molecule has 2 heterocycles. The number of nitrogens with one attached hydrogen (secondary N) is 2. The highest BCUT2D eigenvalue weighted by Crippen LogP contribution is 2.20. The molecule has 1 fully saturated rings. The summed E-state index contributed by atoms with van der Waals surface area (Å²) in [6, 6.07) is 4.42. The second kappa shape index (κ2) is 12.9. The summed E-state index contributed by atoms with van der Waals surface area (Å²) < 4.78 is 10.2. The average molecular weight is 569 g/mol. The fourth-order valence-electron chi connectivity index (χ4n) is 3.11. The van der Waals surface area contributed by atoms with Gasteiger partial charge in [-0.25, -0.2) is 9.78 Å². The van der Waals surface area contributed by atoms with Gasteiger partial charge in [0.25, 0.3) is 17.5 Å². The van der Waals surface area contributed by atoms with Gasteiger partial charge in [-0.05, 0) is 17.7 Å². The first-order valence-electron chi connectivity index (χ1n) is 10.7. The predicted molar refractivity (Wildman–Crippen MR) is 132 cm³/mol. The number of likely N-dealkylation sites (N-methyl/N-ethyl adjacent to an activating group) is 1. The fourth-order valence-corrected chi connectivity index (χ4v) is 3.89. The molecule has 38 heavy (non-hydrogen) atoms. The van der Waals surface area contributed by atoms with Gasteiger partial charge < -0.3 is 29.8 Å². The van der Waals surface area contributed by atoms with Crippen molar-refractivity contribution in [2.45, 2.75) is 18.9 Å². The van der Waals surface area contributed by atoms with Crippen LogP contribution < -0.4 is 10.6 Å². The number of likely N-dealkylation sites (tertiary alicyclic amines) is 1. The monoisotopic (exact) mass is 568 g/mol. The molecule has 1 aliphatic rings. The molecule has 15 nitrogen and oxygen atoms in total. The second-order valence-electron chi connectivity index (χ2n) is 7.54. The van der Waals surface area contributed by atoms with Crippen molar-refractivity contribution in [3.05, 3.63) is 51.0 Å². The van der Waals surface area contributed by atoms with Crippen molar-refractivity contribution in [2.75, 3.05) is 32.0 Å². The van der Waals surface area contributed by atoms with E-state index >= 15 is 0 Å². The van der Waals surface area contributed by atoms with Crippen LogP contribution in [0, 0.1) is 10.1 Å². The number of rotatable bonds is 12. The lowest BCUT2D eigenvalue weighted by Crippen LogP contribution is -2.70. The Hall–Kier alpha value is -4.15. The Morgan fingerprint density at radius 3 is 2.63 bits per heavy atom. The number of hydrogen-bond donors (Lipinski definition) is 2. The highest BCUT2D eigenvalue weighted by molar-refractivity contribution is 7.14. The maximum Gasteiger partial charge on any atom is 0.347 e. The first kappa shape index (κ1) is 28.4. The maximum atomic E-state index is 13.0. The van der Waals surface area contributed by atoms with Crippen LogP contribution in [0.1, 0.15) is 11.3 Å². The van der Waals surface area contributed by atoms with E-state index in [1.165, 1.54) is 48.7 Å². The number of carbonyl (C=O) groups is 4. The summed E-state index contributed by atoms with van der Waals surface area (Å²) in [7, 11) is 2.88. The molecule has 3 rings (SSSR count). The van der Waals surface area contributed by atoms with Crippen molar-refractivity contribution in [1.29, 1.82) is 0 Å². The van der Waals surface area contributed by atoms with Crippen LogP contribution in [0.2, 0.25) is 0 Å². The second-order valence-corrected chi connectivity index (χ2v) is 8.67. The number of nitrogens with zero attached hydrogens (tertiary/aromatic N) is 4. The molecule has 1 saturated heterocycles. The molecule has 17 heteroatoms. The number of halogens is 1. The molecule has 0 bridgehead atoms. The Bertz CT molecular complexity index is 1250. The van der Waals surface area contributed by atoms with E-state index < -0.39 is 47.5 Å². The van der Waals surface area contributed by atoms with Gasteiger partial charge >= 0.3 is 5.97 Å². The van der Waals surface area contributed by atoms with Crippen LogP contribution in [-0.4, -0.2) is 83.1 Å². The zero-order chi connectivity index (χ0) is 27.8. The molecule has 202 valence electrons. The number of ether oxygens (including phenoxy) is 2. The van der Waals surface area contributed by atoms with Gasteiger partial charge in [-0.2, -0.15) is 0 Å². The van der Waals surface area contributed by atoms with Crippen molar-refractivity contribution >= 4 is 63.2 Å². The van der Waals surface area contributed by atoms with Crippen molar-refractivity contribution < 1.29 is 38.4 Å². The maximum absolute atomic E-state index is 13.0. The van der Waals surface area contributed by atoms with Crippen molar-refractivity contribution in [2.24, 2.45) is 5.16 Å². The number of amides is 3. The first-order valence-corrected chi connectivity index (χ1v) is 12.1. The van der Waals surface area contributed by atoms with Gasteiger partial charge in [-0.15, -0.1) is 22.9 Å². The van der Waals surface area contributed by atoms with Crippen LogP contribution in [0.25, 0.3) is 0 Å². The normalized spacial score (nSPS) is 16.9. The quantitative estimate of drug-likeness (QED) is 0.0915. The molecule has 0 radical (unpaired) electrons. The lowest BCUT2D eigenvalue weighted by molar-refractivity contribution is -0.384. The van der Waals surface area contributed by atoms with Crippen molar-refractivity contribution in [3.8, 4) is 0 Å². The lowest BCUT2D eigenvalue weighted by atomic mass is 10.1. The Morgan fingerprint density at radius 2 is 2.00 bits per heavy atom. The predicted octanol–water partition coefficient (Wildman–Crippen LogP) is 0.622. The molecule has 1 aromatic heterocycles. The highest BCUT2D eigenvalue weighted by atomic mass is 35.5. The van der Waals surface area contributed by atoms with Gasteiger partial charge in [0.2, 0.25) is 12.5 Å². The van der Waals surface area contributed by atoms with E-state index in [1.807, 2.05) is 0 Å². The Labute approximate surface area is 223 Å². The van der Waals surface area contributed by atoms with Crippen LogP contribution in [-0.2, 0) is 40.1 Å². The molecule has 0 spiro atoms. The number of thiazole rings is 1. The summed E-state index contributed by atoms with van der Waals surface area (Å²) in [4.78, 5) is 69.2. The Morgan fingerprint density at radius 1 is 1.29 bits per heavy atom. The van der Waals surface area contributed by atoms with Crippen LogP contribution in [0.3, 0.4) is 0 Å². The van der Waals surface area contributed by atoms with Crippen LogP contribution >= 0.6 is 22.9 Å².